The molecule has 0 saturated heterocycles. The number of rotatable bonds is 5. The molecule has 0 aliphatic carbocycles. The third kappa shape index (κ3) is 4.28. The van der Waals surface area contributed by atoms with Crippen LogP contribution in [0.3, 0.4) is 0 Å². The highest BCUT2D eigenvalue weighted by atomic mass is 79.9. The Hall–Kier alpha value is -2.45. The zero-order valence-electron chi connectivity index (χ0n) is 14.7. The number of ether oxygens (including phenoxy) is 1. The second-order valence-corrected chi connectivity index (χ2v) is 8.75. The third-order valence-corrected chi connectivity index (χ3v) is 5.50. The average Bonchev–Trinajstić information content (AvgIpc) is 3.07. The lowest BCUT2D eigenvalue weighted by molar-refractivity contribution is 0.0519. The Morgan fingerprint density at radius 3 is 2.30 bits per heavy atom. The molecule has 1 aromatic heterocycles. The first-order valence-electron chi connectivity index (χ1n) is 8.13. The molecule has 0 aliphatic rings. The van der Waals surface area contributed by atoms with Crippen LogP contribution in [-0.2, 0) is 14.6 Å². The van der Waals surface area contributed by atoms with Crippen LogP contribution in [-0.4, -0.2) is 37.0 Å². The van der Waals surface area contributed by atoms with Crippen LogP contribution in [0.4, 0.5) is 0 Å². The number of carbonyl (C=O) groups excluding carboxylic acids is 1. The first-order valence-corrected chi connectivity index (χ1v) is 10.8. The van der Waals surface area contributed by atoms with Crippen molar-refractivity contribution in [2.45, 2.75) is 11.8 Å². The van der Waals surface area contributed by atoms with E-state index in [-0.39, 0.29) is 17.2 Å². The first kappa shape index (κ1) is 19.3. The van der Waals surface area contributed by atoms with Gasteiger partial charge in [-0.05, 0) is 49.4 Å². The maximum absolute atomic E-state index is 12.1. The molecule has 0 radical (unpaired) electrons. The SMILES string of the molecule is CCOC(=O)c1cc(-c2ccc(Br)cc2)n(-c2ccc(S(C)(=O)=O)cc2)n1. The lowest BCUT2D eigenvalue weighted by atomic mass is 10.1. The van der Waals surface area contributed by atoms with Gasteiger partial charge in [0.25, 0.3) is 0 Å². The smallest absolute Gasteiger partial charge is 0.358 e. The summed E-state index contributed by atoms with van der Waals surface area (Å²) in [5.41, 5.74) is 2.36. The molecular formula is C19H17BrN2O4S. The Morgan fingerprint density at radius 1 is 1.11 bits per heavy atom. The number of nitrogens with zero attached hydrogens (tertiary/aromatic N) is 2. The second kappa shape index (κ2) is 7.66. The molecule has 0 atom stereocenters. The molecule has 1 heterocycles. The van der Waals surface area contributed by atoms with Crippen LogP contribution in [0.15, 0.2) is 64.0 Å². The molecule has 0 fully saturated rings. The monoisotopic (exact) mass is 448 g/mol. The lowest BCUT2D eigenvalue weighted by Gasteiger charge is -2.08. The summed E-state index contributed by atoms with van der Waals surface area (Å²) in [5.74, 6) is -0.512. The normalized spacial score (nSPS) is 11.4. The van der Waals surface area contributed by atoms with Gasteiger partial charge in [-0.15, -0.1) is 0 Å². The van der Waals surface area contributed by atoms with Crippen molar-refractivity contribution in [2.75, 3.05) is 12.9 Å². The van der Waals surface area contributed by atoms with Gasteiger partial charge in [-0.1, -0.05) is 28.1 Å². The molecule has 0 N–H and O–H groups in total. The fraction of sp³-hybridized carbons (Fsp3) is 0.158. The van der Waals surface area contributed by atoms with E-state index in [0.29, 0.717) is 11.4 Å². The van der Waals surface area contributed by atoms with Crippen molar-refractivity contribution in [3.05, 3.63) is 64.8 Å². The summed E-state index contributed by atoms with van der Waals surface area (Å²) in [4.78, 5) is 12.3. The van der Waals surface area contributed by atoms with Crippen LogP contribution in [0.1, 0.15) is 17.4 Å². The van der Waals surface area contributed by atoms with Crippen LogP contribution >= 0.6 is 15.9 Å². The summed E-state index contributed by atoms with van der Waals surface area (Å²) >= 11 is 3.40. The van der Waals surface area contributed by atoms with Gasteiger partial charge in [0.1, 0.15) is 0 Å². The van der Waals surface area contributed by atoms with Crippen LogP contribution in [0.5, 0.6) is 0 Å². The van der Waals surface area contributed by atoms with Gasteiger partial charge in [0.15, 0.2) is 15.5 Å². The fourth-order valence-corrected chi connectivity index (χ4v) is 3.44. The largest absolute Gasteiger partial charge is 0.461 e. The summed E-state index contributed by atoms with van der Waals surface area (Å²) in [7, 11) is -3.29. The van der Waals surface area contributed by atoms with E-state index in [9.17, 15) is 13.2 Å². The molecule has 0 aliphatic heterocycles. The summed E-state index contributed by atoms with van der Waals surface area (Å²) in [5, 5.41) is 4.37. The standard InChI is InChI=1S/C19H17BrN2O4S/c1-3-26-19(23)17-12-18(13-4-6-14(20)7-5-13)22(21-17)15-8-10-16(11-9-15)27(2,24)25/h4-12H,3H2,1-2H3. The van der Waals surface area contributed by atoms with Crippen LogP contribution in [0.2, 0.25) is 0 Å². The van der Waals surface area contributed by atoms with Gasteiger partial charge in [0.05, 0.1) is 22.9 Å². The van der Waals surface area contributed by atoms with E-state index in [1.807, 2.05) is 24.3 Å². The lowest BCUT2D eigenvalue weighted by Crippen LogP contribution is -2.07. The summed E-state index contributed by atoms with van der Waals surface area (Å²) < 4.78 is 30.9. The number of benzene rings is 2. The zero-order valence-corrected chi connectivity index (χ0v) is 17.1. The molecule has 0 spiro atoms. The fourth-order valence-electron chi connectivity index (χ4n) is 2.54. The molecule has 2 aromatic carbocycles. The maximum Gasteiger partial charge on any atom is 0.358 e. The van der Waals surface area contributed by atoms with Gasteiger partial charge < -0.3 is 4.74 Å². The average molecular weight is 449 g/mol. The number of sulfone groups is 1. The van der Waals surface area contributed by atoms with E-state index in [4.69, 9.17) is 4.74 Å². The molecule has 0 saturated carbocycles. The van der Waals surface area contributed by atoms with Crippen LogP contribution in [0.25, 0.3) is 16.9 Å². The number of hydrogen-bond donors (Lipinski definition) is 0. The van der Waals surface area contributed by atoms with Crippen LogP contribution < -0.4 is 0 Å². The Labute approximate surface area is 165 Å². The Kier molecular flexibility index (Phi) is 5.48. The van der Waals surface area contributed by atoms with Crippen molar-refractivity contribution >= 4 is 31.7 Å². The number of esters is 1. The summed E-state index contributed by atoms with van der Waals surface area (Å²) in [6.45, 7) is 1.98. The zero-order chi connectivity index (χ0) is 19.6. The predicted molar refractivity (Wildman–Crippen MR) is 106 cm³/mol. The molecule has 27 heavy (non-hydrogen) atoms. The third-order valence-electron chi connectivity index (χ3n) is 3.84. The van der Waals surface area contributed by atoms with E-state index in [0.717, 1.165) is 16.3 Å². The van der Waals surface area contributed by atoms with Crippen molar-refractivity contribution in [2.24, 2.45) is 0 Å². The van der Waals surface area contributed by atoms with Gasteiger partial charge in [0.2, 0.25) is 0 Å². The highest BCUT2D eigenvalue weighted by Gasteiger charge is 2.18. The molecule has 140 valence electrons. The molecule has 8 heteroatoms. The molecule has 3 rings (SSSR count). The minimum atomic E-state index is -3.29. The minimum Gasteiger partial charge on any atom is -0.461 e. The summed E-state index contributed by atoms with van der Waals surface area (Å²) in [6, 6.07) is 15.6. The molecular weight excluding hydrogens is 432 g/mol. The van der Waals surface area contributed by atoms with Crippen molar-refractivity contribution < 1.29 is 17.9 Å². The maximum atomic E-state index is 12.1. The quantitative estimate of drug-likeness (QED) is 0.553. The van der Waals surface area contributed by atoms with Gasteiger partial charge in [-0.3, -0.25) is 0 Å². The van der Waals surface area contributed by atoms with Gasteiger partial charge >= 0.3 is 5.97 Å². The van der Waals surface area contributed by atoms with E-state index in [2.05, 4.69) is 21.0 Å². The van der Waals surface area contributed by atoms with Crippen molar-refractivity contribution in [3.63, 3.8) is 0 Å². The predicted octanol–water partition coefficient (Wildman–Crippen LogP) is 3.88. The molecule has 0 amide bonds. The van der Waals surface area contributed by atoms with Crippen molar-refractivity contribution in [1.82, 2.24) is 9.78 Å². The molecule has 0 unspecified atom stereocenters. The Balaban J connectivity index is 2.12. The highest BCUT2D eigenvalue weighted by Crippen LogP contribution is 2.26. The van der Waals surface area contributed by atoms with Crippen molar-refractivity contribution in [1.29, 1.82) is 0 Å². The number of halogens is 1. The van der Waals surface area contributed by atoms with E-state index < -0.39 is 15.8 Å². The highest BCUT2D eigenvalue weighted by molar-refractivity contribution is 9.10. The van der Waals surface area contributed by atoms with E-state index in [1.54, 1.807) is 29.8 Å². The summed E-state index contributed by atoms with van der Waals surface area (Å²) in [6.07, 6.45) is 1.15. The van der Waals surface area contributed by atoms with Crippen LogP contribution in [0, 0.1) is 0 Å². The van der Waals surface area contributed by atoms with Crippen molar-refractivity contribution in [3.8, 4) is 16.9 Å². The molecule has 6 nitrogen and oxygen atoms in total. The molecule has 0 bridgehead atoms. The number of aromatic nitrogens is 2. The van der Waals surface area contributed by atoms with E-state index >= 15 is 0 Å². The minimum absolute atomic E-state index is 0.182. The van der Waals surface area contributed by atoms with Gasteiger partial charge in [0, 0.05) is 16.3 Å². The van der Waals surface area contributed by atoms with E-state index in [1.165, 1.54) is 12.1 Å². The first-order chi connectivity index (χ1) is 12.8. The van der Waals surface area contributed by atoms with Gasteiger partial charge in [-0.25, -0.2) is 17.9 Å². The second-order valence-electron chi connectivity index (χ2n) is 5.82. The number of hydrogen-bond acceptors (Lipinski definition) is 5. The number of carbonyl (C=O) groups is 1. The topological polar surface area (TPSA) is 78.3 Å². The Bertz CT molecular complexity index is 1070. The molecule has 3 aromatic rings. The van der Waals surface area contributed by atoms with Gasteiger partial charge in [-0.2, -0.15) is 5.10 Å². The Morgan fingerprint density at radius 2 is 1.74 bits per heavy atom.